The molecule has 0 unspecified atom stereocenters. The fourth-order valence-corrected chi connectivity index (χ4v) is 4.71. The van der Waals surface area contributed by atoms with Crippen LogP contribution >= 0.6 is 22.9 Å². The molecule has 1 aromatic carbocycles. The molecule has 0 fully saturated rings. The van der Waals surface area contributed by atoms with Gasteiger partial charge in [-0.3, -0.25) is 4.79 Å². The van der Waals surface area contributed by atoms with Crippen LogP contribution in [0, 0.1) is 0 Å². The third-order valence-corrected chi connectivity index (χ3v) is 6.81. The second kappa shape index (κ2) is 12.8. The van der Waals surface area contributed by atoms with Gasteiger partial charge in [0.1, 0.15) is 17.5 Å². The third-order valence-electron chi connectivity index (χ3n) is 5.34. The lowest BCUT2D eigenvalue weighted by Crippen LogP contribution is -2.42. The highest BCUT2D eigenvalue weighted by molar-refractivity contribution is 7.17. The zero-order chi connectivity index (χ0) is 28.7. The molecule has 0 saturated heterocycles. The van der Waals surface area contributed by atoms with Crippen molar-refractivity contribution in [2.75, 3.05) is 30.4 Å². The molecule has 14 heteroatoms. The summed E-state index contributed by atoms with van der Waals surface area (Å²) in [6, 6.07) is 6.10. The molecule has 0 aliphatic rings. The Labute approximate surface area is 234 Å². The number of nitrogen functional groups attached to an aromatic ring is 2. The van der Waals surface area contributed by atoms with E-state index in [4.69, 9.17) is 32.5 Å². The van der Waals surface area contributed by atoms with Gasteiger partial charge >= 0.3 is 12.1 Å². The van der Waals surface area contributed by atoms with Crippen LogP contribution in [0.5, 0.6) is 0 Å². The Hall–Kier alpha value is -3.84. The van der Waals surface area contributed by atoms with Crippen LogP contribution in [0.3, 0.4) is 0 Å². The molecule has 3 aromatic rings. The number of methoxy groups -OCH3 is 1. The summed E-state index contributed by atoms with van der Waals surface area (Å²) >= 11 is 7.76. The van der Waals surface area contributed by atoms with Crippen LogP contribution in [-0.4, -0.2) is 53.2 Å². The van der Waals surface area contributed by atoms with E-state index in [2.05, 4.69) is 25.9 Å². The highest BCUT2D eigenvalue weighted by Gasteiger charge is 2.23. The SMILES string of the molecule is COC(=O)[C@H](CCCNC(=O)OC(C)(C)C)NC(=O)c1ccc(NCc2ccc3nc(N)nc(N)c3c2Cl)s1. The van der Waals surface area contributed by atoms with Crippen LogP contribution in [0.15, 0.2) is 24.3 Å². The van der Waals surface area contributed by atoms with Crippen molar-refractivity contribution in [1.29, 1.82) is 0 Å². The number of ether oxygens (including phenoxy) is 2. The van der Waals surface area contributed by atoms with Gasteiger partial charge in [0, 0.05) is 13.1 Å². The summed E-state index contributed by atoms with van der Waals surface area (Å²) in [4.78, 5) is 45.4. The van der Waals surface area contributed by atoms with Gasteiger partial charge in [-0.2, -0.15) is 4.98 Å². The number of halogens is 1. The summed E-state index contributed by atoms with van der Waals surface area (Å²) in [7, 11) is 1.25. The van der Waals surface area contributed by atoms with Crippen LogP contribution in [0.1, 0.15) is 48.8 Å². The number of rotatable bonds is 10. The van der Waals surface area contributed by atoms with Gasteiger partial charge in [-0.25, -0.2) is 14.6 Å². The number of anilines is 3. The van der Waals surface area contributed by atoms with E-state index in [9.17, 15) is 14.4 Å². The molecule has 0 aliphatic carbocycles. The normalized spacial score (nSPS) is 12.0. The summed E-state index contributed by atoms with van der Waals surface area (Å²) < 4.78 is 10.0. The maximum atomic E-state index is 12.8. The third kappa shape index (κ3) is 8.32. The van der Waals surface area contributed by atoms with Gasteiger partial charge < -0.3 is 36.9 Å². The predicted octanol–water partition coefficient (Wildman–Crippen LogP) is 3.70. The van der Waals surface area contributed by atoms with Gasteiger partial charge in [0.05, 0.1) is 32.9 Å². The molecular formula is C25H32ClN7O5S. The highest BCUT2D eigenvalue weighted by atomic mass is 35.5. The first-order valence-corrected chi connectivity index (χ1v) is 13.3. The minimum atomic E-state index is -0.875. The molecule has 3 rings (SSSR count). The van der Waals surface area contributed by atoms with E-state index in [-0.39, 0.29) is 24.7 Å². The number of alkyl carbamates (subject to hydrolysis) is 1. The van der Waals surface area contributed by atoms with Crippen molar-refractivity contribution < 1.29 is 23.9 Å². The molecular weight excluding hydrogens is 546 g/mol. The van der Waals surface area contributed by atoms with Gasteiger partial charge in [-0.15, -0.1) is 11.3 Å². The van der Waals surface area contributed by atoms with Crippen LogP contribution in [0.2, 0.25) is 5.02 Å². The molecule has 2 aromatic heterocycles. The topological polar surface area (TPSA) is 184 Å². The van der Waals surface area contributed by atoms with Crippen molar-refractivity contribution in [3.8, 4) is 0 Å². The first-order valence-electron chi connectivity index (χ1n) is 12.1. The van der Waals surface area contributed by atoms with Crippen molar-refractivity contribution in [1.82, 2.24) is 20.6 Å². The molecule has 1 atom stereocenters. The summed E-state index contributed by atoms with van der Waals surface area (Å²) in [5, 5.41) is 10.2. The first-order chi connectivity index (χ1) is 18.4. The number of nitrogens with zero attached hydrogens (tertiary/aromatic N) is 2. The monoisotopic (exact) mass is 577 g/mol. The van der Waals surface area contributed by atoms with Gasteiger partial charge in [0.25, 0.3) is 5.91 Å². The fraction of sp³-hybridized carbons (Fsp3) is 0.400. The quantitative estimate of drug-likeness (QED) is 0.176. The highest BCUT2D eigenvalue weighted by Crippen LogP contribution is 2.31. The molecule has 0 saturated carbocycles. The van der Waals surface area contributed by atoms with Crippen LogP contribution in [0.4, 0.5) is 21.6 Å². The number of hydrogen-bond acceptors (Lipinski definition) is 11. The van der Waals surface area contributed by atoms with Crippen LogP contribution < -0.4 is 27.4 Å². The molecule has 7 N–H and O–H groups in total. The van der Waals surface area contributed by atoms with Crippen molar-refractivity contribution in [3.63, 3.8) is 0 Å². The van der Waals surface area contributed by atoms with Gasteiger partial charge in [-0.1, -0.05) is 17.7 Å². The second-order valence-corrected chi connectivity index (χ2v) is 11.0. The molecule has 0 aliphatic heterocycles. The van der Waals surface area contributed by atoms with Gasteiger partial charge in [-0.05, 0) is 57.4 Å². The number of carbonyl (C=O) groups is 3. The number of aromatic nitrogens is 2. The molecule has 210 valence electrons. The number of amides is 2. The number of nitrogens with two attached hydrogens (primary N) is 2. The van der Waals surface area contributed by atoms with Crippen molar-refractivity contribution in [2.45, 2.75) is 51.8 Å². The fourth-order valence-electron chi connectivity index (χ4n) is 3.58. The molecule has 0 bridgehead atoms. The lowest BCUT2D eigenvalue weighted by Gasteiger charge is -2.20. The van der Waals surface area contributed by atoms with Crippen molar-refractivity contribution in [2.24, 2.45) is 0 Å². The number of carbonyl (C=O) groups excluding carboxylic acids is 3. The lowest BCUT2D eigenvalue weighted by molar-refractivity contribution is -0.143. The number of esters is 1. The van der Waals surface area contributed by atoms with Crippen molar-refractivity contribution in [3.05, 3.63) is 39.7 Å². The van der Waals surface area contributed by atoms with E-state index in [1.807, 2.05) is 6.07 Å². The Morgan fingerprint density at radius 1 is 1.13 bits per heavy atom. The van der Waals surface area contributed by atoms with Crippen molar-refractivity contribution >= 4 is 68.6 Å². The average Bonchev–Trinajstić information content (AvgIpc) is 3.32. The van der Waals surface area contributed by atoms with E-state index in [0.717, 1.165) is 5.56 Å². The number of hydrogen-bond donors (Lipinski definition) is 5. The average molecular weight is 578 g/mol. The molecule has 39 heavy (non-hydrogen) atoms. The molecule has 12 nitrogen and oxygen atoms in total. The Kier molecular flexibility index (Phi) is 9.76. The Morgan fingerprint density at radius 3 is 2.56 bits per heavy atom. The Balaban J connectivity index is 1.57. The minimum absolute atomic E-state index is 0.0678. The largest absolute Gasteiger partial charge is 0.467 e. The summed E-state index contributed by atoms with van der Waals surface area (Å²) in [5.41, 5.74) is 12.3. The van der Waals surface area contributed by atoms with Gasteiger partial charge in [0.2, 0.25) is 5.95 Å². The standard InChI is InChI=1S/C25H32ClN7O5S/c1-25(2,3)38-24(36)29-11-5-6-15(22(35)37-4)31-21(34)16-9-10-17(39-16)30-12-13-7-8-14-18(19(13)26)20(27)33-23(28)32-14/h7-10,15,30H,5-6,11-12H2,1-4H3,(H,29,36)(H,31,34)(H4,27,28,32,33)/t15-/m0/s1. The Morgan fingerprint density at radius 2 is 1.87 bits per heavy atom. The number of thiophene rings is 1. The van der Waals surface area contributed by atoms with Gasteiger partial charge in [0.15, 0.2) is 0 Å². The minimum Gasteiger partial charge on any atom is -0.467 e. The summed E-state index contributed by atoms with van der Waals surface area (Å²) in [6.07, 6.45) is 0.140. The molecule has 2 heterocycles. The van der Waals surface area contributed by atoms with Crippen LogP contribution in [-0.2, 0) is 20.8 Å². The lowest BCUT2D eigenvalue weighted by atomic mass is 10.1. The molecule has 0 spiro atoms. The maximum absolute atomic E-state index is 12.8. The van der Waals surface area contributed by atoms with E-state index < -0.39 is 29.6 Å². The van der Waals surface area contributed by atoms with E-state index in [1.54, 1.807) is 39.0 Å². The molecule has 0 radical (unpaired) electrons. The summed E-state index contributed by atoms with van der Waals surface area (Å²) in [6.45, 7) is 5.93. The number of fused-ring (bicyclic) bond motifs is 1. The smallest absolute Gasteiger partial charge is 0.407 e. The Bertz CT molecular complexity index is 1360. The van der Waals surface area contributed by atoms with E-state index >= 15 is 0 Å². The second-order valence-electron chi connectivity index (χ2n) is 9.54. The molecule has 2 amide bonds. The first kappa shape index (κ1) is 29.7. The zero-order valence-corrected chi connectivity index (χ0v) is 23.7. The summed E-state index contributed by atoms with van der Waals surface area (Å²) in [5.74, 6) is -0.736. The predicted molar refractivity (Wildman–Crippen MR) is 152 cm³/mol. The number of benzene rings is 1. The zero-order valence-electron chi connectivity index (χ0n) is 22.1. The maximum Gasteiger partial charge on any atom is 0.407 e. The van der Waals surface area contributed by atoms with E-state index in [0.29, 0.717) is 38.8 Å². The number of nitrogens with one attached hydrogen (secondary N) is 3. The van der Waals surface area contributed by atoms with Crippen LogP contribution in [0.25, 0.3) is 10.9 Å². The van der Waals surface area contributed by atoms with E-state index in [1.165, 1.54) is 18.4 Å².